The first-order valence-electron chi connectivity index (χ1n) is 7.58. The van der Waals surface area contributed by atoms with E-state index in [9.17, 15) is 9.59 Å². The van der Waals surface area contributed by atoms with E-state index in [1.807, 2.05) is 12.1 Å². The smallest absolute Gasteiger partial charge is 0.267 e. The second kappa shape index (κ2) is 5.93. The molecule has 0 fully saturated rings. The Morgan fingerprint density at radius 2 is 2.16 bits per heavy atom. The number of benzene rings is 1. The Morgan fingerprint density at radius 3 is 3.04 bits per heavy atom. The van der Waals surface area contributed by atoms with Gasteiger partial charge in [-0.3, -0.25) is 14.2 Å². The molecule has 9 heteroatoms. The molecule has 3 heterocycles. The Bertz CT molecular complexity index is 1020. The summed E-state index contributed by atoms with van der Waals surface area (Å²) in [5, 5.41) is 6.75. The second-order valence-electron chi connectivity index (χ2n) is 5.59. The molecule has 128 valence electrons. The Kier molecular flexibility index (Phi) is 3.60. The summed E-state index contributed by atoms with van der Waals surface area (Å²) in [4.78, 5) is 28.5. The fourth-order valence-corrected chi connectivity index (χ4v) is 2.59. The molecule has 1 N–H and O–H groups in total. The molecule has 25 heavy (non-hydrogen) atoms. The lowest BCUT2D eigenvalue weighted by Gasteiger charge is -2.07. The van der Waals surface area contributed by atoms with E-state index >= 15 is 0 Å². The summed E-state index contributed by atoms with van der Waals surface area (Å²) in [5.74, 6) is 1.03. The number of nitrogens with zero attached hydrogens (tertiary/aromatic N) is 3. The molecule has 0 saturated carbocycles. The number of nitrogens with one attached hydrogen (secondary N) is 1. The maximum atomic E-state index is 12.4. The van der Waals surface area contributed by atoms with E-state index in [0.29, 0.717) is 23.7 Å². The molecular formula is C16H14N4O5. The average molecular weight is 342 g/mol. The average Bonchev–Trinajstić information content (AvgIpc) is 3.22. The third kappa shape index (κ3) is 2.80. The van der Waals surface area contributed by atoms with E-state index in [1.54, 1.807) is 13.0 Å². The standard InChI is InChI=1S/C16H14N4O5/c1-9-14-15(25-19-9)18-7-20(16(14)22)6-13(21)17-5-10-2-3-11-12(4-10)24-8-23-11/h2-4,7H,5-6,8H2,1H3,(H,17,21). The van der Waals surface area contributed by atoms with E-state index in [-0.39, 0.29) is 35.9 Å². The van der Waals surface area contributed by atoms with Crippen LogP contribution in [0.2, 0.25) is 0 Å². The summed E-state index contributed by atoms with van der Waals surface area (Å²) in [5.41, 5.74) is 1.12. The topological polar surface area (TPSA) is 108 Å². The maximum Gasteiger partial charge on any atom is 0.267 e. The van der Waals surface area contributed by atoms with Crippen molar-refractivity contribution in [2.75, 3.05) is 6.79 Å². The van der Waals surface area contributed by atoms with Gasteiger partial charge in [-0.05, 0) is 24.6 Å². The second-order valence-corrected chi connectivity index (χ2v) is 5.59. The van der Waals surface area contributed by atoms with Crippen molar-refractivity contribution in [3.05, 3.63) is 46.1 Å². The van der Waals surface area contributed by atoms with Gasteiger partial charge in [-0.1, -0.05) is 11.2 Å². The number of aryl methyl sites for hydroxylation is 1. The molecular weight excluding hydrogens is 328 g/mol. The third-order valence-electron chi connectivity index (χ3n) is 3.87. The number of hydrogen-bond acceptors (Lipinski definition) is 7. The van der Waals surface area contributed by atoms with Gasteiger partial charge in [-0.2, -0.15) is 0 Å². The van der Waals surface area contributed by atoms with Crippen LogP contribution in [0.4, 0.5) is 0 Å². The highest BCUT2D eigenvalue weighted by molar-refractivity contribution is 5.77. The number of amides is 1. The molecule has 4 rings (SSSR count). The minimum Gasteiger partial charge on any atom is -0.454 e. The van der Waals surface area contributed by atoms with Gasteiger partial charge in [-0.15, -0.1) is 0 Å². The molecule has 0 unspecified atom stereocenters. The first-order chi connectivity index (χ1) is 12.1. The van der Waals surface area contributed by atoms with Crippen LogP contribution in [0.5, 0.6) is 11.5 Å². The zero-order valence-corrected chi connectivity index (χ0v) is 13.3. The van der Waals surface area contributed by atoms with Crippen molar-refractivity contribution < 1.29 is 18.8 Å². The monoisotopic (exact) mass is 342 g/mol. The SMILES string of the molecule is Cc1noc2ncn(CC(=O)NCc3ccc4c(c3)OCO4)c(=O)c12. The molecule has 0 aliphatic carbocycles. The molecule has 1 aliphatic heterocycles. The molecule has 0 bridgehead atoms. The fourth-order valence-electron chi connectivity index (χ4n) is 2.59. The van der Waals surface area contributed by atoms with E-state index in [1.165, 1.54) is 10.9 Å². The van der Waals surface area contributed by atoms with Crippen LogP contribution < -0.4 is 20.3 Å². The van der Waals surface area contributed by atoms with Crippen LogP contribution in [0.3, 0.4) is 0 Å². The molecule has 2 aromatic heterocycles. The Labute approximate surface area is 141 Å². The summed E-state index contributed by atoms with van der Waals surface area (Å²) in [7, 11) is 0. The number of rotatable bonds is 4. The number of carbonyl (C=O) groups is 1. The highest BCUT2D eigenvalue weighted by Crippen LogP contribution is 2.32. The number of ether oxygens (including phenoxy) is 2. The fraction of sp³-hybridized carbons (Fsp3) is 0.250. The first-order valence-corrected chi connectivity index (χ1v) is 7.58. The Balaban J connectivity index is 1.45. The molecule has 1 aliphatic rings. The van der Waals surface area contributed by atoms with Gasteiger partial charge in [0.25, 0.3) is 11.3 Å². The van der Waals surface area contributed by atoms with E-state index in [0.717, 1.165) is 5.56 Å². The van der Waals surface area contributed by atoms with Crippen molar-refractivity contribution in [3.63, 3.8) is 0 Å². The lowest BCUT2D eigenvalue weighted by atomic mass is 10.2. The van der Waals surface area contributed by atoms with Crippen LogP contribution in [-0.4, -0.2) is 27.4 Å². The quantitative estimate of drug-likeness (QED) is 0.745. The molecule has 1 amide bonds. The predicted molar refractivity (Wildman–Crippen MR) is 85.2 cm³/mol. The lowest BCUT2D eigenvalue weighted by molar-refractivity contribution is -0.121. The number of carbonyl (C=O) groups excluding carboxylic acids is 1. The van der Waals surface area contributed by atoms with Crippen molar-refractivity contribution in [1.29, 1.82) is 0 Å². The number of fused-ring (bicyclic) bond motifs is 2. The molecule has 0 saturated heterocycles. The van der Waals surface area contributed by atoms with Crippen molar-refractivity contribution in [2.24, 2.45) is 0 Å². The van der Waals surface area contributed by atoms with Gasteiger partial charge in [0, 0.05) is 6.54 Å². The van der Waals surface area contributed by atoms with Crippen molar-refractivity contribution in [2.45, 2.75) is 20.0 Å². The van der Waals surface area contributed by atoms with Crippen LogP contribution in [-0.2, 0) is 17.9 Å². The molecule has 3 aromatic rings. The summed E-state index contributed by atoms with van der Waals surface area (Å²) in [6.07, 6.45) is 1.27. The number of hydrogen-bond donors (Lipinski definition) is 1. The third-order valence-corrected chi connectivity index (χ3v) is 3.87. The molecule has 9 nitrogen and oxygen atoms in total. The highest BCUT2D eigenvalue weighted by atomic mass is 16.7. The maximum absolute atomic E-state index is 12.4. The Morgan fingerprint density at radius 1 is 1.32 bits per heavy atom. The van der Waals surface area contributed by atoms with Crippen LogP contribution in [0, 0.1) is 6.92 Å². The zero-order valence-electron chi connectivity index (χ0n) is 13.3. The van der Waals surface area contributed by atoms with Crippen LogP contribution in [0.15, 0.2) is 33.8 Å². The van der Waals surface area contributed by atoms with Gasteiger partial charge in [-0.25, -0.2) is 4.98 Å². The normalized spacial score (nSPS) is 12.5. The largest absolute Gasteiger partial charge is 0.454 e. The minimum absolute atomic E-state index is 0.142. The molecule has 0 radical (unpaired) electrons. The van der Waals surface area contributed by atoms with E-state index in [4.69, 9.17) is 14.0 Å². The lowest BCUT2D eigenvalue weighted by Crippen LogP contribution is -2.32. The summed E-state index contributed by atoms with van der Waals surface area (Å²) in [6.45, 7) is 2.02. The summed E-state index contributed by atoms with van der Waals surface area (Å²) in [6, 6.07) is 5.44. The molecule has 0 atom stereocenters. The van der Waals surface area contributed by atoms with E-state index in [2.05, 4.69) is 15.5 Å². The summed E-state index contributed by atoms with van der Waals surface area (Å²) < 4.78 is 16.7. The Hall–Kier alpha value is -3.36. The predicted octanol–water partition coefficient (Wildman–Crippen LogP) is 0.738. The van der Waals surface area contributed by atoms with Gasteiger partial charge in [0.2, 0.25) is 12.7 Å². The van der Waals surface area contributed by atoms with Gasteiger partial charge in [0.15, 0.2) is 11.5 Å². The van der Waals surface area contributed by atoms with Gasteiger partial charge in [0.1, 0.15) is 18.3 Å². The first kappa shape index (κ1) is 15.2. The summed E-state index contributed by atoms with van der Waals surface area (Å²) >= 11 is 0. The van der Waals surface area contributed by atoms with Crippen LogP contribution >= 0.6 is 0 Å². The van der Waals surface area contributed by atoms with Gasteiger partial charge in [0.05, 0.1) is 5.69 Å². The van der Waals surface area contributed by atoms with Gasteiger partial charge < -0.3 is 19.3 Å². The number of aromatic nitrogens is 3. The van der Waals surface area contributed by atoms with Crippen LogP contribution in [0.1, 0.15) is 11.3 Å². The molecule has 1 aromatic carbocycles. The van der Waals surface area contributed by atoms with Crippen molar-refractivity contribution in [3.8, 4) is 11.5 Å². The van der Waals surface area contributed by atoms with Crippen molar-refractivity contribution >= 4 is 17.0 Å². The van der Waals surface area contributed by atoms with Crippen LogP contribution in [0.25, 0.3) is 11.1 Å². The van der Waals surface area contributed by atoms with Gasteiger partial charge >= 0.3 is 0 Å². The van der Waals surface area contributed by atoms with Crippen molar-refractivity contribution in [1.82, 2.24) is 20.0 Å². The highest BCUT2D eigenvalue weighted by Gasteiger charge is 2.15. The molecule has 0 spiro atoms. The zero-order chi connectivity index (χ0) is 17.4. The minimum atomic E-state index is -0.359. The van der Waals surface area contributed by atoms with E-state index < -0.39 is 0 Å².